The van der Waals surface area contributed by atoms with Gasteiger partial charge in [0.05, 0.1) is 23.6 Å². The minimum atomic E-state index is -0.297. The van der Waals surface area contributed by atoms with Gasteiger partial charge < -0.3 is 10.1 Å². The zero-order chi connectivity index (χ0) is 19.1. The highest BCUT2D eigenvalue weighted by Crippen LogP contribution is 2.26. The second kappa shape index (κ2) is 9.64. The molecule has 140 valence electrons. The van der Waals surface area contributed by atoms with Crippen molar-refractivity contribution in [3.8, 4) is 11.4 Å². The molecule has 1 aromatic heterocycles. The smallest absolute Gasteiger partial charge is 0.287 e. The fourth-order valence-corrected chi connectivity index (χ4v) is 3.17. The highest BCUT2D eigenvalue weighted by molar-refractivity contribution is 7.99. The summed E-state index contributed by atoms with van der Waals surface area (Å²) in [4.78, 5) is 28.6. The predicted molar refractivity (Wildman–Crippen MR) is 105 cm³/mol. The molecule has 0 aliphatic heterocycles. The molecule has 0 saturated carbocycles. The summed E-state index contributed by atoms with van der Waals surface area (Å²) in [5.74, 6) is 1.10. The van der Waals surface area contributed by atoms with E-state index in [1.165, 1.54) is 17.9 Å². The van der Waals surface area contributed by atoms with Crippen molar-refractivity contribution in [3.63, 3.8) is 0 Å². The quantitative estimate of drug-likeness (QED) is 0.695. The monoisotopic (exact) mass is 395 g/mol. The van der Waals surface area contributed by atoms with Gasteiger partial charge in [-0.2, -0.15) is 0 Å². The average molecular weight is 396 g/mol. The first kappa shape index (κ1) is 20.3. The first-order valence-electron chi connectivity index (χ1n) is 8.23. The maximum atomic E-state index is 12.6. The molecular weight excluding hydrogens is 374 g/mol. The van der Waals surface area contributed by atoms with Crippen LogP contribution in [0.15, 0.2) is 40.4 Å². The molecule has 6 nitrogen and oxygen atoms in total. The lowest BCUT2D eigenvalue weighted by Gasteiger charge is -2.10. The van der Waals surface area contributed by atoms with E-state index >= 15 is 0 Å². The molecule has 0 aliphatic carbocycles. The molecule has 1 amide bonds. The molecule has 0 unspecified atom stereocenters. The number of ether oxygens (including phenoxy) is 1. The minimum absolute atomic E-state index is 0.111. The fourth-order valence-electron chi connectivity index (χ4n) is 2.19. The lowest BCUT2D eigenvalue weighted by molar-refractivity contribution is -0.118. The zero-order valence-corrected chi connectivity index (χ0v) is 16.6. The number of carbonyl (C=O) groups excluding carboxylic acids is 1. The molecule has 0 saturated heterocycles. The highest BCUT2D eigenvalue weighted by Gasteiger charge is 2.11. The van der Waals surface area contributed by atoms with Crippen molar-refractivity contribution in [2.75, 3.05) is 19.4 Å². The Balaban J connectivity index is 2.08. The Morgan fingerprint density at radius 2 is 2.19 bits per heavy atom. The van der Waals surface area contributed by atoms with Gasteiger partial charge in [-0.05, 0) is 30.5 Å². The van der Waals surface area contributed by atoms with Crippen LogP contribution in [0.4, 0.5) is 0 Å². The summed E-state index contributed by atoms with van der Waals surface area (Å²) in [5, 5.41) is 3.51. The molecule has 1 aromatic carbocycles. The average Bonchev–Trinajstić information content (AvgIpc) is 2.60. The molecule has 0 bridgehead atoms. The van der Waals surface area contributed by atoms with Crippen molar-refractivity contribution >= 4 is 29.3 Å². The van der Waals surface area contributed by atoms with E-state index in [1.54, 1.807) is 24.4 Å². The van der Waals surface area contributed by atoms with Crippen LogP contribution in [-0.2, 0) is 4.79 Å². The van der Waals surface area contributed by atoms with Gasteiger partial charge in [0.15, 0.2) is 5.03 Å². The molecule has 2 rings (SSSR count). The van der Waals surface area contributed by atoms with Gasteiger partial charge in [-0.1, -0.05) is 37.2 Å². The Hall–Kier alpha value is -1.99. The standard InChI is InChI=1S/C18H22ClN3O3S/c1-12(2)6-7-20-16(23)11-26-17-18(24)22(9-8-21-17)13-4-5-15(25-3)14(19)10-13/h4-5,8-10,12H,6-7,11H2,1-3H3,(H,20,23). The van der Waals surface area contributed by atoms with Crippen LogP contribution in [0.5, 0.6) is 5.75 Å². The summed E-state index contributed by atoms with van der Waals surface area (Å²) >= 11 is 7.25. The number of hydrogen-bond acceptors (Lipinski definition) is 5. The molecule has 1 heterocycles. The number of amides is 1. The van der Waals surface area contributed by atoms with E-state index in [0.29, 0.717) is 28.9 Å². The number of aromatic nitrogens is 2. The number of carbonyl (C=O) groups is 1. The van der Waals surface area contributed by atoms with Crippen LogP contribution in [0, 0.1) is 5.92 Å². The second-order valence-electron chi connectivity index (χ2n) is 6.05. The van der Waals surface area contributed by atoms with Crippen molar-refractivity contribution in [1.29, 1.82) is 0 Å². The van der Waals surface area contributed by atoms with E-state index in [1.807, 2.05) is 0 Å². The van der Waals surface area contributed by atoms with Crippen molar-refractivity contribution in [3.05, 3.63) is 46.0 Å². The number of benzene rings is 1. The molecule has 0 spiro atoms. The molecule has 8 heteroatoms. The third kappa shape index (κ3) is 5.51. The molecule has 0 atom stereocenters. The van der Waals surface area contributed by atoms with Gasteiger partial charge in [-0.25, -0.2) is 4.98 Å². The number of nitrogens with one attached hydrogen (secondary N) is 1. The summed E-state index contributed by atoms with van der Waals surface area (Å²) in [6.45, 7) is 4.83. The van der Waals surface area contributed by atoms with Gasteiger partial charge in [0, 0.05) is 18.9 Å². The summed E-state index contributed by atoms with van der Waals surface area (Å²) in [5.41, 5.74) is 0.306. The van der Waals surface area contributed by atoms with E-state index in [4.69, 9.17) is 16.3 Å². The normalized spacial score (nSPS) is 10.8. The van der Waals surface area contributed by atoms with E-state index < -0.39 is 0 Å². The molecule has 26 heavy (non-hydrogen) atoms. The van der Waals surface area contributed by atoms with Crippen LogP contribution in [-0.4, -0.2) is 34.9 Å². The SMILES string of the molecule is COc1ccc(-n2ccnc(SCC(=O)NCCC(C)C)c2=O)cc1Cl. The van der Waals surface area contributed by atoms with Gasteiger partial charge in [0.1, 0.15) is 5.75 Å². The third-order valence-electron chi connectivity index (χ3n) is 3.61. The first-order chi connectivity index (χ1) is 12.4. The summed E-state index contributed by atoms with van der Waals surface area (Å²) in [6, 6.07) is 5.08. The Morgan fingerprint density at radius 3 is 2.85 bits per heavy atom. The van der Waals surface area contributed by atoms with Crippen LogP contribution >= 0.6 is 23.4 Å². The zero-order valence-electron chi connectivity index (χ0n) is 15.0. The Bertz CT molecular complexity index is 824. The van der Waals surface area contributed by atoms with Crippen LogP contribution in [0.2, 0.25) is 5.02 Å². The number of thioether (sulfide) groups is 1. The minimum Gasteiger partial charge on any atom is -0.495 e. The van der Waals surface area contributed by atoms with Crippen LogP contribution < -0.4 is 15.6 Å². The van der Waals surface area contributed by atoms with Gasteiger partial charge in [0.25, 0.3) is 5.56 Å². The summed E-state index contributed by atoms with van der Waals surface area (Å²) < 4.78 is 6.56. The molecule has 1 N–H and O–H groups in total. The van der Waals surface area contributed by atoms with E-state index in [-0.39, 0.29) is 22.2 Å². The third-order valence-corrected chi connectivity index (χ3v) is 4.86. The molecule has 0 aliphatic rings. The summed E-state index contributed by atoms with van der Waals surface area (Å²) in [6.07, 6.45) is 4.01. The van der Waals surface area contributed by atoms with E-state index in [9.17, 15) is 9.59 Å². The maximum Gasteiger partial charge on any atom is 0.287 e. The Labute approximate surface area is 161 Å². The Morgan fingerprint density at radius 1 is 1.42 bits per heavy atom. The largest absolute Gasteiger partial charge is 0.495 e. The molecule has 0 fully saturated rings. The topological polar surface area (TPSA) is 73.2 Å². The van der Waals surface area contributed by atoms with Crippen molar-refractivity contribution in [1.82, 2.24) is 14.9 Å². The lowest BCUT2D eigenvalue weighted by Crippen LogP contribution is -2.28. The fraction of sp³-hybridized carbons (Fsp3) is 0.389. The maximum absolute atomic E-state index is 12.6. The number of rotatable bonds is 8. The van der Waals surface area contributed by atoms with Crippen LogP contribution in [0.1, 0.15) is 20.3 Å². The Kier molecular flexibility index (Phi) is 7.53. The van der Waals surface area contributed by atoms with Crippen LogP contribution in [0.25, 0.3) is 5.69 Å². The van der Waals surface area contributed by atoms with Gasteiger partial charge >= 0.3 is 0 Å². The number of halogens is 1. The van der Waals surface area contributed by atoms with Gasteiger partial charge in [-0.15, -0.1) is 0 Å². The molecule has 0 radical (unpaired) electrons. The van der Waals surface area contributed by atoms with Crippen molar-refractivity contribution in [2.45, 2.75) is 25.3 Å². The van der Waals surface area contributed by atoms with E-state index in [2.05, 4.69) is 24.1 Å². The second-order valence-corrected chi connectivity index (χ2v) is 7.42. The highest BCUT2D eigenvalue weighted by atomic mass is 35.5. The van der Waals surface area contributed by atoms with Gasteiger partial charge in [-0.3, -0.25) is 14.2 Å². The first-order valence-corrected chi connectivity index (χ1v) is 9.59. The lowest BCUT2D eigenvalue weighted by atomic mass is 10.1. The van der Waals surface area contributed by atoms with Crippen molar-refractivity contribution in [2.24, 2.45) is 5.92 Å². The van der Waals surface area contributed by atoms with Crippen molar-refractivity contribution < 1.29 is 9.53 Å². The number of methoxy groups -OCH3 is 1. The number of nitrogens with zero attached hydrogens (tertiary/aromatic N) is 2. The van der Waals surface area contributed by atoms with Gasteiger partial charge in [0.2, 0.25) is 5.91 Å². The molecular formula is C18H22ClN3O3S. The molecule has 2 aromatic rings. The summed E-state index contributed by atoms with van der Waals surface area (Å²) in [7, 11) is 1.53. The van der Waals surface area contributed by atoms with Crippen LogP contribution in [0.3, 0.4) is 0 Å². The number of hydrogen-bond donors (Lipinski definition) is 1. The predicted octanol–water partition coefficient (Wildman–Crippen LogP) is 3.15. The van der Waals surface area contributed by atoms with E-state index in [0.717, 1.165) is 18.2 Å².